The summed E-state index contributed by atoms with van der Waals surface area (Å²) in [6.07, 6.45) is 1.83. The molecule has 0 aliphatic heterocycles. The van der Waals surface area contributed by atoms with Crippen molar-refractivity contribution in [1.29, 1.82) is 0 Å². The smallest absolute Gasteiger partial charge is 0.341 e. The normalized spacial score (nSPS) is 11.1. The van der Waals surface area contributed by atoms with Crippen LogP contribution in [-0.2, 0) is 18.2 Å². The summed E-state index contributed by atoms with van der Waals surface area (Å²) in [6, 6.07) is 7.81. The molecule has 0 fully saturated rings. The summed E-state index contributed by atoms with van der Waals surface area (Å²) in [5.74, 6) is -0.217. The minimum Gasteiger partial charge on any atom is -0.462 e. The maximum absolute atomic E-state index is 13.3. The molecular weight excluding hydrogens is 447 g/mol. The molecule has 3 aromatic heterocycles. The summed E-state index contributed by atoms with van der Waals surface area (Å²) in [7, 11) is 1.79. The monoisotopic (exact) mass is 468 g/mol. The van der Waals surface area contributed by atoms with Gasteiger partial charge in [0.2, 0.25) is 0 Å². The molecule has 0 amide bonds. The lowest BCUT2D eigenvalue weighted by molar-refractivity contribution is 0.0524. The molecule has 0 saturated carbocycles. The second-order valence-electron chi connectivity index (χ2n) is 7.46. The van der Waals surface area contributed by atoms with Crippen molar-refractivity contribution in [3.63, 3.8) is 0 Å². The molecule has 33 heavy (non-hydrogen) atoms. The Hall–Kier alpha value is -3.59. The Morgan fingerprint density at radius 3 is 2.58 bits per heavy atom. The predicted octanol–water partition coefficient (Wildman–Crippen LogP) is 4.24. The van der Waals surface area contributed by atoms with Crippen LogP contribution in [0.15, 0.2) is 36.7 Å². The van der Waals surface area contributed by atoms with Gasteiger partial charge in [0.25, 0.3) is 0 Å². The Kier molecular flexibility index (Phi) is 6.24. The van der Waals surface area contributed by atoms with E-state index in [4.69, 9.17) is 16.3 Å². The van der Waals surface area contributed by atoms with E-state index in [1.807, 2.05) is 0 Å². The first-order valence-electron chi connectivity index (χ1n) is 10.3. The van der Waals surface area contributed by atoms with Crippen molar-refractivity contribution in [2.45, 2.75) is 27.2 Å². The molecule has 0 radical (unpaired) electrons. The van der Waals surface area contributed by atoms with E-state index in [1.165, 1.54) is 18.5 Å². The second kappa shape index (κ2) is 9.11. The third-order valence-electron chi connectivity index (χ3n) is 5.27. The molecule has 3 heterocycles. The molecule has 0 aliphatic carbocycles. The van der Waals surface area contributed by atoms with Crippen LogP contribution in [0.5, 0.6) is 0 Å². The summed E-state index contributed by atoms with van der Waals surface area (Å²) in [6.45, 7) is 5.59. The molecule has 8 nitrogen and oxygen atoms in total. The van der Waals surface area contributed by atoms with Crippen LogP contribution in [0, 0.1) is 19.7 Å². The first kappa shape index (κ1) is 22.6. The van der Waals surface area contributed by atoms with Gasteiger partial charge < -0.3 is 4.74 Å². The molecule has 0 spiro atoms. The van der Waals surface area contributed by atoms with Crippen molar-refractivity contribution in [2.75, 3.05) is 6.61 Å². The zero-order chi connectivity index (χ0) is 23.7. The van der Waals surface area contributed by atoms with Gasteiger partial charge in [-0.1, -0.05) is 11.6 Å². The third kappa shape index (κ3) is 4.36. The summed E-state index contributed by atoms with van der Waals surface area (Å²) < 4.78 is 21.7. The lowest BCUT2D eigenvalue weighted by Crippen LogP contribution is -2.09. The van der Waals surface area contributed by atoms with Crippen molar-refractivity contribution in [3.8, 4) is 17.1 Å². The van der Waals surface area contributed by atoms with E-state index in [1.54, 1.807) is 55.4 Å². The van der Waals surface area contributed by atoms with E-state index in [-0.39, 0.29) is 12.4 Å². The number of carbonyl (C=O) groups excluding carboxylic acids is 1. The molecule has 0 aliphatic rings. The van der Waals surface area contributed by atoms with Crippen LogP contribution in [0.25, 0.3) is 17.1 Å². The highest BCUT2D eigenvalue weighted by Gasteiger charge is 2.22. The summed E-state index contributed by atoms with van der Waals surface area (Å²) in [5.41, 5.74) is 4.36. The van der Waals surface area contributed by atoms with Gasteiger partial charge in [-0.25, -0.2) is 23.8 Å². The van der Waals surface area contributed by atoms with E-state index in [2.05, 4.69) is 20.2 Å². The van der Waals surface area contributed by atoms with E-state index in [9.17, 15) is 9.18 Å². The average Bonchev–Trinajstić information content (AvgIpc) is 3.24. The summed E-state index contributed by atoms with van der Waals surface area (Å²) >= 11 is 6.64. The molecule has 4 rings (SSSR count). The Morgan fingerprint density at radius 2 is 1.88 bits per heavy atom. The van der Waals surface area contributed by atoms with Crippen molar-refractivity contribution >= 4 is 17.6 Å². The molecule has 0 saturated heterocycles. The Bertz CT molecular complexity index is 1330. The number of aryl methyl sites for hydroxylation is 2. The maximum atomic E-state index is 13.3. The molecule has 0 bridgehead atoms. The van der Waals surface area contributed by atoms with Crippen LogP contribution in [0.4, 0.5) is 4.39 Å². The number of benzene rings is 1. The van der Waals surface area contributed by atoms with E-state index in [0.717, 1.165) is 11.3 Å². The van der Waals surface area contributed by atoms with Crippen molar-refractivity contribution < 1.29 is 13.9 Å². The van der Waals surface area contributed by atoms with Crippen LogP contribution < -0.4 is 0 Å². The van der Waals surface area contributed by atoms with Crippen LogP contribution in [0.1, 0.15) is 40.1 Å². The lowest BCUT2D eigenvalue weighted by atomic mass is 10.1. The highest BCUT2D eigenvalue weighted by molar-refractivity contribution is 6.33. The van der Waals surface area contributed by atoms with Gasteiger partial charge >= 0.3 is 5.97 Å². The largest absolute Gasteiger partial charge is 0.462 e. The second-order valence-corrected chi connectivity index (χ2v) is 7.84. The fourth-order valence-electron chi connectivity index (χ4n) is 3.65. The van der Waals surface area contributed by atoms with Crippen molar-refractivity contribution in [2.24, 2.45) is 7.05 Å². The average molecular weight is 469 g/mol. The summed E-state index contributed by atoms with van der Waals surface area (Å²) in [4.78, 5) is 21.0. The van der Waals surface area contributed by atoms with Gasteiger partial charge in [0.15, 0.2) is 5.82 Å². The summed E-state index contributed by atoms with van der Waals surface area (Å²) in [5, 5.41) is 9.44. The zero-order valence-electron chi connectivity index (χ0n) is 18.6. The molecule has 0 N–H and O–H groups in total. The minimum atomic E-state index is -0.414. The SMILES string of the molecule is CCOC(=O)c1c(C)nn(-c2cc(Cc3c(Cl)c(-c4ccc(F)cc4)nn3C)ncn2)c1C. The van der Waals surface area contributed by atoms with Crippen LogP contribution in [-0.4, -0.2) is 42.1 Å². The number of aromatic nitrogens is 6. The number of esters is 1. The van der Waals surface area contributed by atoms with E-state index in [0.29, 0.717) is 45.6 Å². The third-order valence-corrected chi connectivity index (χ3v) is 5.66. The zero-order valence-corrected chi connectivity index (χ0v) is 19.4. The number of nitrogens with zero attached hydrogens (tertiary/aromatic N) is 6. The molecule has 4 aromatic rings. The van der Waals surface area contributed by atoms with Crippen LogP contribution in [0.2, 0.25) is 5.02 Å². The molecular formula is C23H22ClFN6O2. The van der Waals surface area contributed by atoms with Gasteiger partial charge in [-0.05, 0) is 45.0 Å². The standard InChI is InChI=1S/C23H22ClFN6O2/c1-5-33-23(32)20-13(2)28-31(14(20)3)19-11-17(26-12-27-19)10-18-21(24)22(29-30(18)4)15-6-8-16(25)9-7-15/h6-9,11-12H,5,10H2,1-4H3. The molecule has 10 heteroatoms. The van der Waals surface area contributed by atoms with Gasteiger partial charge in [0, 0.05) is 25.1 Å². The van der Waals surface area contributed by atoms with Crippen molar-refractivity contribution in [3.05, 3.63) is 75.8 Å². The Morgan fingerprint density at radius 1 is 1.15 bits per heavy atom. The first-order chi connectivity index (χ1) is 15.8. The number of hydrogen-bond acceptors (Lipinski definition) is 6. The van der Waals surface area contributed by atoms with E-state index >= 15 is 0 Å². The fraction of sp³-hybridized carbons (Fsp3) is 0.261. The van der Waals surface area contributed by atoms with E-state index < -0.39 is 5.97 Å². The number of carbonyl (C=O) groups is 1. The number of ether oxygens (including phenoxy) is 1. The van der Waals surface area contributed by atoms with Crippen LogP contribution >= 0.6 is 11.6 Å². The molecule has 0 unspecified atom stereocenters. The Balaban J connectivity index is 1.66. The molecule has 0 atom stereocenters. The quantitative estimate of drug-likeness (QED) is 0.393. The minimum absolute atomic E-state index is 0.284. The Labute approximate surface area is 195 Å². The maximum Gasteiger partial charge on any atom is 0.341 e. The van der Waals surface area contributed by atoms with Gasteiger partial charge in [0.1, 0.15) is 23.4 Å². The number of rotatable bonds is 6. The van der Waals surface area contributed by atoms with Gasteiger partial charge in [-0.15, -0.1) is 0 Å². The topological polar surface area (TPSA) is 87.7 Å². The number of halogens is 2. The number of hydrogen-bond donors (Lipinski definition) is 0. The predicted molar refractivity (Wildman–Crippen MR) is 121 cm³/mol. The fourth-order valence-corrected chi connectivity index (χ4v) is 3.99. The molecule has 1 aromatic carbocycles. The highest BCUT2D eigenvalue weighted by atomic mass is 35.5. The highest BCUT2D eigenvalue weighted by Crippen LogP contribution is 2.31. The van der Waals surface area contributed by atoms with Gasteiger partial charge in [0.05, 0.1) is 34.4 Å². The van der Waals surface area contributed by atoms with Crippen molar-refractivity contribution in [1.82, 2.24) is 29.5 Å². The molecule has 170 valence electrons. The van der Waals surface area contributed by atoms with Crippen LogP contribution in [0.3, 0.4) is 0 Å². The lowest BCUT2D eigenvalue weighted by Gasteiger charge is -2.07. The van der Waals surface area contributed by atoms with Gasteiger partial charge in [-0.3, -0.25) is 4.68 Å². The van der Waals surface area contributed by atoms with Gasteiger partial charge in [-0.2, -0.15) is 10.2 Å². The first-order valence-corrected chi connectivity index (χ1v) is 10.7.